The molecule has 0 unspecified atom stereocenters. The van der Waals surface area contributed by atoms with Gasteiger partial charge in [0, 0.05) is 34.1 Å². The molecular formula is C28H29N3O4. The summed E-state index contributed by atoms with van der Waals surface area (Å²) in [5.41, 5.74) is 6.69. The highest BCUT2D eigenvalue weighted by molar-refractivity contribution is 6.30. The fourth-order valence-electron chi connectivity index (χ4n) is 4.31. The van der Waals surface area contributed by atoms with Crippen LogP contribution in [-0.4, -0.2) is 57.1 Å². The maximum absolute atomic E-state index is 6.01. The number of hydrogen-bond acceptors (Lipinski definition) is 6. The first-order chi connectivity index (χ1) is 17.1. The highest BCUT2D eigenvalue weighted by atomic mass is 16.6. The van der Waals surface area contributed by atoms with Crippen molar-refractivity contribution in [1.29, 1.82) is 0 Å². The molecule has 3 aromatic carbocycles. The summed E-state index contributed by atoms with van der Waals surface area (Å²) < 4.78 is 17.2. The molecule has 7 heteroatoms. The molecule has 5 rings (SSSR count). The first kappa shape index (κ1) is 22.8. The van der Waals surface area contributed by atoms with Crippen molar-refractivity contribution in [2.24, 2.45) is 5.16 Å². The molecule has 4 aromatic rings. The number of hydrogen-bond donors (Lipinski definition) is 1. The third kappa shape index (κ3) is 4.42. The fourth-order valence-corrected chi connectivity index (χ4v) is 4.31. The zero-order chi connectivity index (χ0) is 24.4. The first-order valence-corrected chi connectivity index (χ1v) is 11.5. The van der Waals surface area contributed by atoms with E-state index in [2.05, 4.69) is 21.1 Å². The summed E-state index contributed by atoms with van der Waals surface area (Å²) in [6, 6.07) is 20.0. The number of fused-ring (bicyclic) bond motifs is 5. The Morgan fingerprint density at radius 1 is 0.886 bits per heavy atom. The van der Waals surface area contributed by atoms with Crippen molar-refractivity contribution in [2.75, 3.05) is 41.5 Å². The Bertz CT molecular complexity index is 1380. The normalized spacial score (nSPS) is 13.2. The molecule has 0 atom stereocenters. The minimum Gasteiger partial charge on any atom is -0.493 e. The average molecular weight is 472 g/mol. The number of aromatic nitrogens is 1. The van der Waals surface area contributed by atoms with E-state index in [-0.39, 0.29) is 0 Å². The number of methoxy groups -OCH3 is 2. The molecule has 1 N–H and O–H groups in total. The summed E-state index contributed by atoms with van der Waals surface area (Å²) in [7, 11) is 7.33. The molecule has 1 aromatic heterocycles. The number of aromatic amines is 1. The van der Waals surface area contributed by atoms with Gasteiger partial charge in [-0.3, -0.25) is 0 Å². The Morgan fingerprint density at radius 3 is 2.34 bits per heavy atom. The molecule has 1 aliphatic carbocycles. The number of oxime groups is 1. The number of nitrogens with one attached hydrogen (secondary N) is 1. The highest BCUT2D eigenvalue weighted by Crippen LogP contribution is 2.46. The molecule has 0 spiro atoms. The van der Waals surface area contributed by atoms with Crippen molar-refractivity contribution < 1.29 is 19.0 Å². The van der Waals surface area contributed by atoms with E-state index in [0.29, 0.717) is 24.7 Å². The zero-order valence-electron chi connectivity index (χ0n) is 20.4. The summed E-state index contributed by atoms with van der Waals surface area (Å²) >= 11 is 0. The molecule has 0 amide bonds. The van der Waals surface area contributed by atoms with Crippen molar-refractivity contribution >= 4 is 16.6 Å². The van der Waals surface area contributed by atoms with E-state index in [1.54, 1.807) is 14.2 Å². The van der Waals surface area contributed by atoms with E-state index in [1.807, 2.05) is 68.7 Å². The van der Waals surface area contributed by atoms with Crippen LogP contribution in [0.15, 0.2) is 65.8 Å². The van der Waals surface area contributed by atoms with Crippen LogP contribution < -0.4 is 14.2 Å². The molecule has 1 heterocycles. The van der Waals surface area contributed by atoms with Gasteiger partial charge in [-0.05, 0) is 50.0 Å². The smallest absolute Gasteiger partial charge is 0.161 e. The molecule has 0 aliphatic heterocycles. The fraction of sp³-hybridized carbons (Fsp3) is 0.250. The predicted molar refractivity (Wildman–Crippen MR) is 138 cm³/mol. The number of ether oxygens (including phenoxy) is 3. The third-order valence-electron chi connectivity index (χ3n) is 6.09. The summed E-state index contributed by atoms with van der Waals surface area (Å²) in [5.74, 6) is 2.12. The van der Waals surface area contributed by atoms with Crippen LogP contribution in [0.25, 0.3) is 22.2 Å². The minimum atomic E-state index is 0.379. The summed E-state index contributed by atoms with van der Waals surface area (Å²) in [5, 5.41) is 5.65. The lowest BCUT2D eigenvalue weighted by molar-refractivity contribution is 0.131. The van der Waals surface area contributed by atoms with Crippen molar-refractivity contribution in [3.8, 4) is 28.5 Å². The lowest BCUT2D eigenvalue weighted by Gasteiger charge is -2.12. The van der Waals surface area contributed by atoms with Crippen molar-refractivity contribution in [3.63, 3.8) is 0 Å². The summed E-state index contributed by atoms with van der Waals surface area (Å²) in [6.45, 7) is 1.83. The van der Waals surface area contributed by atoms with Crippen molar-refractivity contribution in [1.82, 2.24) is 9.88 Å². The SMILES string of the molecule is COc1cc2c(cc1OC)-c1[nH]c3ccc(OCCN(C)C)cc3c1/C2=N\OCc1ccccc1. The molecule has 0 saturated heterocycles. The predicted octanol–water partition coefficient (Wildman–Crippen LogP) is 5.08. The van der Waals surface area contributed by atoms with Crippen LogP contribution in [0.1, 0.15) is 16.7 Å². The van der Waals surface area contributed by atoms with E-state index in [9.17, 15) is 0 Å². The van der Waals surface area contributed by atoms with Crippen LogP contribution in [0.5, 0.6) is 17.2 Å². The lowest BCUT2D eigenvalue weighted by atomic mass is 10.1. The van der Waals surface area contributed by atoms with E-state index in [1.165, 1.54) is 0 Å². The third-order valence-corrected chi connectivity index (χ3v) is 6.09. The van der Waals surface area contributed by atoms with Gasteiger partial charge in [0.1, 0.15) is 24.7 Å². The second-order valence-corrected chi connectivity index (χ2v) is 8.69. The van der Waals surface area contributed by atoms with Gasteiger partial charge in [0.25, 0.3) is 0 Å². The van der Waals surface area contributed by atoms with Gasteiger partial charge in [0.05, 0.1) is 19.9 Å². The van der Waals surface area contributed by atoms with Crippen LogP contribution in [0.2, 0.25) is 0 Å². The van der Waals surface area contributed by atoms with Crippen LogP contribution in [-0.2, 0) is 11.4 Å². The van der Waals surface area contributed by atoms with Crippen LogP contribution >= 0.6 is 0 Å². The van der Waals surface area contributed by atoms with E-state index in [0.717, 1.165) is 56.9 Å². The van der Waals surface area contributed by atoms with Gasteiger partial charge in [0.15, 0.2) is 11.5 Å². The van der Waals surface area contributed by atoms with Crippen LogP contribution in [0, 0.1) is 0 Å². The number of benzene rings is 3. The molecule has 7 nitrogen and oxygen atoms in total. The molecule has 0 bridgehead atoms. The molecule has 35 heavy (non-hydrogen) atoms. The maximum atomic E-state index is 6.01. The second-order valence-electron chi connectivity index (χ2n) is 8.69. The highest BCUT2D eigenvalue weighted by Gasteiger charge is 2.32. The quantitative estimate of drug-likeness (QED) is 0.304. The molecule has 0 radical (unpaired) electrons. The molecule has 0 saturated carbocycles. The minimum absolute atomic E-state index is 0.379. The summed E-state index contributed by atoms with van der Waals surface area (Å²) in [6.07, 6.45) is 0. The van der Waals surface area contributed by atoms with Crippen molar-refractivity contribution in [3.05, 3.63) is 77.4 Å². The molecule has 1 aliphatic rings. The van der Waals surface area contributed by atoms with E-state index in [4.69, 9.17) is 19.0 Å². The lowest BCUT2D eigenvalue weighted by Crippen LogP contribution is -2.19. The molecule has 0 fully saturated rings. The first-order valence-electron chi connectivity index (χ1n) is 11.5. The van der Waals surface area contributed by atoms with Gasteiger partial charge in [-0.15, -0.1) is 0 Å². The van der Waals surface area contributed by atoms with E-state index < -0.39 is 0 Å². The van der Waals surface area contributed by atoms with Gasteiger partial charge < -0.3 is 28.9 Å². The summed E-state index contributed by atoms with van der Waals surface area (Å²) in [4.78, 5) is 11.5. The average Bonchev–Trinajstić information content (AvgIpc) is 3.38. The maximum Gasteiger partial charge on any atom is 0.161 e. The topological polar surface area (TPSA) is 68.3 Å². The largest absolute Gasteiger partial charge is 0.493 e. The number of rotatable bonds is 9. The number of likely N-dealkylation sites (N-methyl/N-ethyl adjacent to an activating group) is 1. The standard InChI is InChI=1S/C28H29N3O4/c1-31(2)12-13-34-19-10-11-23-22(14-19)26-27(29-23)20-15-24(32-3)25(33-4)16-21(20)28(26)30-35-17-18-8-6-5-7-9-18/h5-11,14-16,29H,12-13,17H2,1-4H3/b30-28-. The van der Waals surface area contributed by atoms with Gasteiger partial charge in [-0.1, -0.05) is 35.5 Å². The molecule has 180 valence electrons. The Morgan fingerprint density at radius 2 is 1.63 bits per heavy atom. The number of H-pyrrole nitrogens is 1. The van der Waals surface area contributed by atoms with Crippen LogP contribution in [0.3, 0.4) is 0 Å². The second kappa shape index (κ2) is 9.72. The Hall–Kier alpha value is -3.97. The van der Waals surface area contributed by atoms with Gasteiger partial charge in [-0.2, -0.15) is 0 Å². The Balaban J connectivity index is 1.58. The van der Waals surface area contributed by atoms with E-state index >= 15 is 0 Å². The van der Waals surface area contributed by atoms with Gasteiger partial charge in [0.2, 0.25) is 0 Å². The number of nitrogens with zero attached hydrogens (tertiary/aromatic N) is 2. The van der Waals surface area contributed by atoms with Crippen molar-refractivity contribution in [2.45, 2.75) is 6.61 Å². The zero-order valence-corrected chi connectivity index (χ0v) is 20.4. The Kier molecular flexibility index (Phi) is 6.33. The monoisotopic (exact) mass is 471 g/mol. The van der Waals surface area contributed by atoms with Crippen LogP contribution in [0.4, 0.5) is 0 Å². The van der Waals surface area contributed by atoms with Gasteiger partial charge in [-0.25, -0.2) is 0 Å². The molecular weight excluding hydrogens is 442 g/mol. The van der Waals surface area contributed by atoms with Gasteiger partial charge >= 0.3 is 0 Å². The Labute approximate surface area is 204 Å².